The number of hydrogen-bond acceptors (Lipinski definition) is 6. The van der Waals surface area contributed by atoms with Crippen molar-refractivity contribution in [3.63, 3.8) is 0 Å². The van der Waals surface area contributed by atoms with Crippen LogP contribution in [0.1, 0.15) is 24.0 Å². The van der Waals surface area contributed by atoms with Crippen molar-refractivity contribution in [3.05, 3.63) is 108 Å². The van der Waals surface area contributed by atoms with Gasteiger partial charge in [-0.05, 0) is 29.3 Å². The van der Waals surface area contributed by atoms with Gasteiger partial charge in [0.2, 0.25) is 17.7 Å². The Morgan fingerprint density at radius 3 is 1.74 bits per heavy atom. The minimum Gasteiger partial charge on any atom is -0.474 e. The Morgan fingerprint density at radius 2 is 1.26 bits per heavy atom. The largest absolute Gasteiger partial charge is 0.474 e. The lowest BCUT2D eigenvalue weighted by molar-refractivity contribution is -0.116. The summed E-state index contributed by atoms with van der Waals surface area (Å²) >= 11 is 0. The summed E-state index contributed by atoms with van der Waals surface area (Å²) in [5, 5.41) is 5.79. The minimum absolute atomic E-state index is 0.0591. The minimum atomic E-state index is -0.0831. The highest BCUT2D eigenvalue weighted by Crippen LogP contribution is 2.23. The third-order valence-electron chi connectivity index (χ3n) is 6.52. The van der Waals surface area contributed by atoms with Crippen LogP contribution in [0.15, 0.2) is 97.3 Å². The highest BCUT2D eigenvalue weighted by molar-refractivity contribution is 5.92. The molecule has 0 spiro atoms. The van der Waals surface area contributed by atoms with Crippen LogP contribution in [0.3, 0.4) is 0 Å². The molecule has 4 aromatic rings. The molecule has 8 nitrogen and oxygen atoms in total. The molecule has 2 amide bonds. The van der Waals surface area contributed by atoms with Crippen molar-refractivity contribution in [2.24, 2.45) is 0 Å². The van der Waals surface area contributed by atoms with Crippen molar-refractivity contribution < 1.29 is 14.3 Å². The summed E-state index contributed by atoms with van der Waals surface area (Å²) in [7, 11) is 0. The van der Waals surface area contributed by atoms with Gasteiger partial charge in [0.05, 0.1) is 36.6 Å². The van der Waals surface area contributed by atoms with Crippen molar-refractivity contribution in [2.75, 3.05) is 28.6 Å². The van der Waals surface area contributed by atoms with Crippen molar-refractivity contribution in [3.8, 4) is 5.88 Å². The molecule has 0 unspecified atom stereocenters. The van der Waals surface area contributed by atoms with Crippen LogP contribution in [-0.4, -0.2) is 41.0 Å². The number of anilines is 3. The normalized spacial score (nSPS) is 13.5. The molecule has 0 radical (unpaired) electrons. The second kappa shape index (κ2) is 12.7. The third-order valence-corrected chi connectivity index (χ3v) is 6.52. The van der Waals surface area contributed by atoms with Crippen LogP contribution in [-0.2, 0) is 22.4 Å². The van der Waals surface area contributed by atoms with Gasteiger partial charge in [0.25, 0.3) is 0 Å². The van der Waals surface area contributed by atoms with Crippen LogP contribution in [0.2, 0.25) is 0 Å². The molecule has 8 heteroatoms. The maximum Gasteiger partial charge on any atom is 0.228 e. The van der Waals surface area contributed by atoms with E-state index in [4.69, 9.17) is 4.74 Å². The fourth-order valence-corrected chi connectivity index (χ4v) is 4.52. The highest BCUT2D eigenvalue weighted by atomic mass is 16.5. The first-order valence-corrected chi connectivity index (χ1v) is 13.1. The quantitative estimate of drug-likeness (QED) is 0.326. The molecule has 0 aliphatic carbocycles. The van der Waals surface area contributed by atoms with Gasteiger partial charge in [-0.1, -0.05) is 60.7 Å². The maximum atomic E-state index is 12.3. The van der Waals surface area contributed by atoms with E-state index in [1.165, 1.54) is 0 Å². The topological polar surface area (TPSA) is 96.5 Å². The van der Waals surface area contributed by atoms with Crippen LogP contribution in [0.4, 0.5) is 17.2 Å². The third kappa shape index (κ3) is 7.64. The van der Waals surface area contributed by atoms with Crippen LogP contribution < -0.4 is 20.3 Å². The zero-order valence-electron chi connectivity index (χ0n) is 21.6. The highest BCUT2D eigenvalue weighted by Gasteiger charge is 2.22. The molecule has 1 fully saturated rings. The van der Waals surface area contributed by atoms with Gasteiger partial charge in [0.15, 0.2) is 0 Å². The van der Waals surface area contributed by atoms with E-state index in [0.717, 1.165) is 42.9 Å². The predicted octanol–water partition coefficient (Wildman–Crippen LogP) is 4.89. The maximum absolute atomic E-state index is 12.3. The SMILES string of the molecule is O=C(Cc1ccccc1)Nc1ccc(OC2CCN(c3ccc(NC(=O)Cc4ccccc4)cn3)CC2)nc1. The van der Waals surface area contributed by atoms with E-state index in [1.807, 2.05) is 78.9 Å². The number of rotatable bonds is 9. The fraction of sp³-hybridized carbons (Fsp3) is 0.226. The number of piperidine rings is 1. The number of ether oxygens (including phenoxy) is 1. The number of benzene rings is 2. The molecule has 3 heterocycles. The van der Waals surface area contributed by atoms with Gasteiger partial charge in [-0.15, -0.1) is 0 Å². The zero-order chi connectivity index (χ0) is 26.9. The Morgan fingerprint density at radius 1 is 0.718 bits per heavy atom. The van der Waals surface area contributed by atoms with E-state index in [2.05, 4.69) is 25.5 Å². The zero-order valence-corrected chi connectivity index (χ0v) is 21.6. The van der Waals surface area contributed by atoms with Crippen molar-refractivity contribution in [1.82, 2.24) is 9.97 Å². The van der Waals surface area contributed by atoms with Crippen molar-refractivity contribution in [2.45, 2.75) is 31.8 Å². The van der Waals surface area contributed by atoms with Gasteiger partial charge in [-0.2, -0.15) is 0 Å². The number of hydrogen-bond donors (Lipinski definition) is 2. The number of nitrogens with zero attached hydrogens (tertiary/aromatic N) is 3. The van der Waals surface area contributed by atoms with Gasteiger partial charge in [-0.3, -0.25) is 9.59 Å². The molecule has 1 aliphatic rings. The second-order valence-corrected chi connectivity index (χ2v) is 9.52. The Bertz CT molecular complexity index is 1360. The van der Waals surface area contributed by atoms with Crippen LogP contribution >= 0.6 is 0 Å². The second-order valence-electron chi connectivity index (χ2n) is 9.52. The molecule has 1 saturated heterocycles. The molecule has 1 aliphatic heterocycles. The fourth-order valence-electron chi connectivity index (χ4n) is 4.52. The first-order chi connectivity index (χ1) is 19.1. The summed E-state index contributed by atoms with van der Waals surface area (Å²) < 4.78 is 6.09. The van der Waals surface area contributed by atoms with Gasteiger partial charge < -0.3 is 20.3 Å². The molecule has 2 N–H and O–H groups in total. The lowest BCUT2D eigenvalue weighted by Gasteiger charge is -2.32. The van der Waals surface area contributed by atoms with E-state index >= 15 is 0 Å². The average Bonchev–Trinajstić information content (AvgIpc) is 2.96. The first kappa shape index (κ1) is 25.9. The van der Waals surface area contributed by atoms with Gasteiger partial charge >= 0.3 is 0 Å². The van der Waals surface area contributed by atoms with E-state index in [-0.39, 0.29) is 17.9 Å². The molecule has 0 saturated carbocycles. The summed E-state index contributed by atoms with van der Waals surface area (Å²) in [6.07, 6.45) is 5.71. The summed E-state index contributed by atoms with van der Waals surface area (Å²) in [6.45, 7) is 1.62. The standard InChI is InChI=1S/C31H31N5O3/c37-29(19-23-7-3-1-4-8-23)34-25-11-13-28(32-21-25)36-17-15-27(16-18-36)39-31-14-12-26(22-33-31)35-30(38)20-24-9-5-2-6-10-24/h1-14,21-22,27H,15-20H2,(H,34,37)(H,35,38). The van der Waals surface area contributed by atoms with E-state index < -0.39 is 0 Å². The molecule has 39 heavy (non-hydrogen) atoms. The summed E-state index contributed by atoms with van der Waals surface area (Å²) in [6, 6.07) is 26.7. The Hall–Kier alpha value is -4.72. The lowest BCUT2D eigenvalue weighted by Crippen LogP contribution is -2.38. The summed E-state index contributed by atoms with van der Waals surface area (Å²) in [5.74, 6) is 1.27. The monoisotopic (exact) mass is 521 g/mol. The van der Waals surface area contributed by atoms with Crippen LogP contribution in [0.5, 0.6) is 5.88 Å². The molecule has 198 valence electrons. The number of carbonyl (C=O) groups is 2. The number of nitrogens with one attached hydrogen (secondary N) is 2. The molecule has 2 aromatic heterocycles. The number of pyridine rings is 2. The number of amides is 2. The molecular formula is C31H31N5O3. The van der Waals surface area contributed by atoms with Gasteiger partial charge in [-0.25, -0.2) is 9.97 Å². The summed E-state index contributed by atoms with van der Waals surface area (Å²) in [5.41, 5.74) is 3.26. The Kier molecular flexibility index (Phi) is 8.43. The number of aromatic nitrogens is 2. The Labute approximate surface area is 228 Å². The van der Waals surface area contributed by atoms with Crippen molar-refractivity contribution in [1.29, 1.82) is 0 Å². The average molecular weight is 522 g/mol. The summed E-state index contributed by atoms with van der Waals surface area (Å²) in [4.78, 5) is 35.7. The number of carbonyl (C=O) groups excluding carboxylic acids is 2. The Balaban J connectivity index is 1.05. The molecule has 0 bridgehead atoms. The molecule has 5 rings (SSSR count). The predicted molar refractivity (Wildman–Crippen MR) is 152 cm³/mol. The van der Waals surface area contributed by atoms with Gasteiger partial charge in [0, 0.05) is 32.0 Å². The van der Waals surface area contributed by atoms with E-state index in [1.54, 1.807) is 18.5 Å². The van der Waals surface area contributed by atoms with E-state index in [0.29, 0.717) is 30.1 Å². The lowest BCUT2D eigenvalue weighted by atomic mass is 10.1. The van der Waals surface area contributed by atoms with Crippen LogP contribution in [0.25, 0.3) is 0 Å². The molecular weight excluding hydrogens is 490 g/mol. The first-order valence-electron chi connectivity index (χ1n) is 13.1. The smallest absolute Gasteiger partial charge is 0.228 e. The molecule has 0 atom stereocenters. The van der Waals surface area contributed by atoms with Crippen molar-refractivity contribution >= 4 is 29.0 Å². The van der Waals surface area contributed by atoms with Gasteiger partial charge in [0.1, 0.15) is 11.9 Å². The molecule has 2 aromatic carbocycles. The van der Waals surface area contributed by atoms with Crippen LogP contribution in [0, 0.1) is 0 Å². The van der Waals surface area contributed by atoms with E-state index in [9.17, 15) is 9.59 Å².